The summed E-state index contributed by atoms with van der Waals surface area (Å²) >= 11 is 0. The largest absolute Gasteiger partial charge is 0.451 e. The minimum atomic E-state index is -0.981. The molecule has 0 aromatic heterocycles. The van der Waals surface area contributed by atoms with Crippen molar-refractivity contribution in [3.63, 3.8) is 0 Å². The van der Waals surface area contributed by atoms with Crippen molar-refractivity contribution in [3.05, 3.63) is 78.4 Å². The molecule has 0 spiro atoms. The summed E-state index contributed by atoms with van der Waals surface area (Å²) in [5.41, 5.74) is 1.06. The van der Waals surface area contributed by atoms with Crippen LogP contribution < -0.4 is 10.6 Å². The van der Waals surface area contributed by atoms with E-state index in [0.29, 0.717) is 11.3 Å². The van der Waals surface area contributed by atoms with Gasteiger partial charge in [-0.15, -0.1) is 0 Å². The lowest BCUT2D eigenvalue weighted by Crippen LogP contribution is -2.35. The Kier molecular flexibility index (Phi) is 6.01. The number of hydrogen-bond donors (Lipinski definition) is 2. The quantitative estimate of drug-likeness (QED) is 0.648. The van der Waals surface area contributed by atoms with Crippen molar-refractivity contribution in [1.29, 1.82) is 0 Å². The van der Waals surface area contributed by atoms with E-state index in [2.05, 4.69) is 10.6 Å². The third-order valence-electron chi connectivity index (χ3n) is 4.12. The second-order valence-corrected chi connectivity index (χ2v) is 6.23. The highest BCUT2D eigenvalue weighted by Crippen LogP contribution is 2.15. The van der Waals surface area contributed by atoms with Gasteiger partial charge in [-0.25, -0.2) is 0 Å². The SMILES string of the molecule is C[C@@H](OC(=O)CNC(=O)c1ccc2ccccc2c1)C(=O)Nc1ccccc1. The number of carbonyl (C=O) groups is 3. The van der Waals surface area contributed by atoms with E-state index in [1.54, 1.807) is 36.4 Å². The number of nitrogens with one attached hydrogen (secondary N) is 2. The summed E-state index contributed by atoms with van der Waals surface area (Å²) in [7, 11) is 0. The molecule has 0 unspecified atom stereocenters. The van der Waals surface area contributed by atoms with Gasteiger partial charge in [-0.3, -0.25) is 14.4 Å². The molecule has 2 amide bonds. The highest BCUT2D eigenvalue weighted by Gasteiger charge is 2.18. The topological polar surface area (TPSA) is 84.5 Å². The Balaban J connectivity index is 1.50. The summed E-state index contributed by atoms with van der Waals surface area (Å²) in [6.45, 7) is 1.15. The minimum Gasteiger partial charge on any atom is -0.451 e. The Hall–Kier alpha value is -3.67. The smallest absolute Gasteiger partial charge is 0.326 e. The number of benzene rings is 3. The van der Waals surface area contributed by atoms with Crippen molar-refractivity contribution in [2.75, 3.05) is 11.9 Å². The van der Waals surface area contributed by atoms with Crippen LogP contribution in [0.2, 0.25) is 0 Å². The predicted octanol–water partition coefficient (Wildman–Crippen LogP) is 3.14. The van der Waals surface area contributed by atoms with Gasteiger partial charge in [-0.1, -0.05) is 48.5 Å². The fourth-order valence-corrected chi connectivity index (χ4v) is 2.64. The molecule has 0 saturated carbocycles. The van der Waals surface area contributed by atoms with E-state index < -0.39 is 18.0 Å². The molecule has 3 aromatic rings. The van der Waals surface area contributed by atoms with Gasteiger partial charge >= 0.3 is 5.97 Å². The number of carbonyl (C=O) groups excluding carboxylic acids is 3. The van der Waals surface area contributed by atoms with Gasteiger partial charge in [0.05, 0.1) is 0 Å². The molecule has 2 N–H and O–H groups in total. The van der Waals surface area contributed by atoms with E-state index in [-0.39, 0.29) is 12.5 Å². The zero-order valence-electron chi connectivity index (χ0n) is 15.3. The highest BCUT2D eigenvalue weighted by molar-refractivity contribution is 6.00. The van der Waals surface area contributed by atoms with Crippen LogP contribution in [0.3, 0.4) is 0 Å². The molecule has 0 radical (unpaired) electrons. The number of rotatable bonds is 6. The Morgan fingerprint density at radius 1 is 0.893 bits per heavy atom. The number of ether oxygens (including phenoxy) is 1. The minimum absolute atomic E-state index is 0.325. The van der Waals surface area contributed by atoms with Crippen LogP contribution in [0.4, 0.5) is 5.69 Å². The predicted molar refractivity (Wildman–Crippen MR) is 107 cm³/mol. The summed E-state index contributed by atoms with van der Waals surface area (Å²) in [4.78, 5) is 36.3. The molecule has 3 aromatic carbocycles. The second-order valence-electron chi connectivity index (χ2n) is 6.23. The zero-order chi connectivity index (χ0) is 19.9. The van der Waals surface area contributed by atoms with E-state index in [4.69, 9.17) is 4.74 Å². The number of fused-ring (bicyclic) bond motifs is 1. The molecule has 0 aliphatic carbocycles. The summed E-state index contributed by atoms with van der Waals surface area (Å²) < 4.78 is 5.08. The van der Waals surface area contributed by atoms with Crippen molar-refractivity contribution in [3.8, 4) is 0 Å². The van der Waals surface area contributed by atoms with Gasteiger partial charge in [0.25, 0.3) is 11.8 Å². The summed E-state index contributed by atoms with van der Waals surface area (Å²) in [6, 6.07) is 21.8. The lowest BCUT2D eigenvalue weighted by atomic mass is 10.1. The van der Waals surface area contributed by atoms with Crippen molar-refractivity contribution >= 4 is 34.2 Å². The molecule has 6 nitrogen and oxygen atoms in total. The van der Waals surface area contributed by atoms with Crippen LogP contribution in [0.15, 0.2) is 72.8 Å². The molecule has 1 atom stereocenters. The van der Waals surface area contributed by atoms with Gasteiger partial charge in [-0.2, -0.15) is 0 Å². The highest BCUT2D eigenvalue weighted by atomic mass is 16.5. The monoisotopic (exact) mass is 376 g/mol. The van der Waals surface area contributed by atoms with E-state index in [1.807, 2.05) is 36.4 Å². The third kappa shape index (κ3) is 4.94. The molecule has 0 bridgehead atoms. The Morgan fingerprint density at radius 2 is 1.57 bits per heavy atom. The van der Waals surface area contributed by atoms with E-state index in [1.165, 1.54) is 6.92 Å². The Bertz CT molecular complexity index is 1000. The van der Waals surface area contributed by atoms with Crippen molar-refractivity contribution in [1.82, 2.24) is 5.32 Å². The normalized spacial score (nSPS) is 11.5. The average Bonchev–Trinajstić information content (AvgIpc) is 2.72. The van der Waals surface area contributed by atoms with Crippen molar-refractivity contribution in [2.45, 2.75) is 13.0 Å². The lowest BCUT2D eigenvalue weighted by molar-refractivity contribution is -0.152. The third-order valence-corrected chi connectivity index (χ3v) is 4.12. The Labute approximate surface area is 162 Å². The fraction of sp³-hybridized carbons (Fsp3) is 0.136. The van der Waals surface area contributed by atoms with Gasteiger partial charge in [-0.05, 0) is 42.0 Å². The van der Waals surface area contributed by atoms with Crippen molar-refractivity contribution in [2.24, 2.45) is 0 Å². The van der Waals surface area contributed by atoms with Crippen LogP contribution in [0, 0.1) is 0 Å². The maximum atomic E-state index is 12.3. The first-order valence-corrected chi connectivity index (χ1v) is 8.85. The number of amides is 2. The van der Waals surface area contributed by atoms with E-state index in [0.717, 1.165) is 10.8 Å². The first-order chi connectivity index (χ1) is 13.5. The van der Waals surface area contributed by atoms with Gasteiger partial charge in [0, 0.05) is 11.3 Å². The van der Waals surface area contributed by atoms with Crippen LogP contribution in [-0.2, 0) is 14.3 Å². The first kappa shape index (κ1) is 19.1. The first-order valence-electron chi connectivity index (χ1n) is 8.85. The number of para-hydroxylation sites is 1. The molecule has 0 heterocycles. The Morgan fingerprint density at radius 3 is 2.32 bits per heavy atom. The zero-order valence-corrected chi connectivity index (χ0v) is 15.3. The van der Waals surface area contributed by atoms with Crippen molar-refractivity contribution < 1.29 is 19.1 Å². The van der Waals surface area contributed by atoms with Gasteiger partial charge in [0.15, 0.2) is 6.10 Å². The van der Waals surface area contributed by atoms with E-state index in [9.17, 15) is 14.4 Å². The number of esters is 1. The molecule has 0 saturated heterocycles. The maximum absolute atomic E-state index is 12.3. The van der Waals surface area contributed by atoms with Gasteiger partial charge in [0.2, 0.25) is 0 Å². The molecular formula is C22H20N2O4. The maximum Gasteiger partial charge on any atom is 0.326 e. The van der Waals surface area contributed by atoms with Gasteiger partial charge < -0.3 is 15.4 Å². The number of anilines is 1. The summed E-state index contributed by atoms with van der Waals surface area (Å²) in [5, 5.41) is 7.12. The molecule has 28 heavy (non-hydrogen) atoms. The number of hydrogen-bond acceptors (Lipinski definition) is 4. The molecule has 6 heteroatoms. The molecule has 142 valence electrons. The van der Waals surface area contributed by atoms with Crippen LogP contribution in [0.5, 0.6) is 0 Å². The fourth-order valence-electron chi connectivity index (χ4n) is 2.64. The van der Waals surface area contributed by atoms with Gasteiger partial charge in [0.1, 0.15) is 6.54 Å². The lowest BCUT2D eigenvalue weighted by Gasteiger charge is -2.14. The molecule has 3 rings (SSSR count). The summed E-state index contributed by atoms with van der Waals surface area (Å²) in [5.74, 6) is -1.52. The standard InChI is InChI=1S/C22H20N2O4/c1-15(21(26)24-19-9-3-2-4-10-19)28-20(25)14-23-22(27)18-12-11-16-7-5-6-8-17(16)13-18/h2-13,15H,14H2,1H3,(H,23,27)(H,24,26)/t15-/m1/s1. The molecular weight excluding hydrogens is 356 g/mol. The molecule has 0 aliphatic rings. The summed E-state index contributed by atoms with van der Waals surface area (Å²) in [6.07, 6.45) is -0.981. The van der Waals surface area contributed by atoms with Crippen LogP contribution >= 0.6 is 0 Å². The molecule has 0 aliphatic heterocycles. The van der Waals surface area contributed by atoms with Crippen LogP contribution in [-0.4, -0.2) is 30.4 Å². The second kappa shape index (κ2) is 8.81. The van der Waals surface area contributed by atoms with E-state index >= 15 is 0 Å². The van der Waals surface area contributed by atoms with Crippen LogP contribution in [0.25, 0.3) is 10.8 Å². The van der Waals surface area contributed by atoms with Crippen LogP contribution in [0.1, 0.15) is 17.3 Å². The molecule has 0 fully saturated rings. The average molecular weight is 376 g/mol.